The average Bonchev–Trinajstić information content (AvgIpc) is 2.66. The molecule has 1 nitrogen and oxygen atoms in total. The predicted octanol–water partition coefficient (Wildman–Crippen LogP) is 3.88. The lowest BCUT2D eigenvalue weighted by Gasteiger charge is -2.26. The summed E-state index contributed by atoms with van der Waals surface area (Å²) < 4.78 is 28.2. The molecule has 2 rings (SSSR count). The highest BCUT2D eigenvalue weighted by Gasteiger charge is 2.36. The van der Waals surface area contributed by atoms with Gasteiger partial charge in [-0.15, -0.1) is 11.3 Å². The monoisotopic (exact) mass is 265 g/mol. The molecule has 16 heavy (non-hydrogen) atoms. The molecule has 1 aromatic heterocycles. The number of alkyl halides is 2. The minimum atomic E-state index is -2.73. The summed E-state index contributed by atoms with van der Waals surface area (Å²) in [5.74, 6) is -2.66. The molecule has 0 aromatic carbocycles. The minimum absolute atomic E-state index is 0.0726. The van der Waals surface area contributed by atoms with Crippen molar-refractivity contribution >= 4 is 22.9 Å². The van der Waals surface area contributed by atoms with Gasteiger partial charge in [-0.2, -0.15) is 0 Å². The molecule has 1 unspecified atom stereocenters. The van der Waals surface area contributed by atoms with Gasteiger partial charge in [-0.25, -0.2) is 8.78 Å². The Kier molecular flexibility index (Phi) is 3.82. The van der Waals surface area contributed by atoms with E-state index in [1.54, 1.807) is 0 Å². The molecule has 90 valence electrons. The number of hydrogen-bond acceptors (Lipinski definition) is 2. The third-order valence-electron chi connectivity index (χ3n) is 2.88. The zero-order chi connectivity index (χ0) is 11.6. The number of halogens is 3. The van der Waals surface area contributed by atoms with E-state index in [2.05, 4.69) is 5.32 Å². The highest BCUT2D eigenvalue weighted by atomic mass is 35.5. The van der Waals surface area contributed by atoms with Gasteiger partial charge in [-0.1, -0.05) is 11.6 Å². The van der Waals surface area contributed by atoms with Crippen LogP contribution in [-0.2, 0) is 5.92 Å². The van der Waals surface area contributed by atoms with Crippen molar-refractivity contribution in [2.45, 2.75) is 25.2 Å². The zero-order valence-corrected chi connectivity index (χ0v) is 10.4. The molecular formula is C11H14ClF2NS. The Morgan fingerprint density at radius 3 is 2.88 bits per heavy atom. The van der Waals surface area contributed by atoms with Crippen LogP contribution in [0.3, 0.4) is 0 Å². The smallest absolute Gasteiger partial charge is 0.282 e. The Bertz CT molecular complexity index is 348. The summed E-state index contributed by atoms with van der Waals surface area (Å²) in [5, 5.41) is 3.16. The van der Waals surface area contributed by atoms with E-state index in [1.165, 1.54) is 12.1 Å². The van der Waals surface area contributed by atoms with E-state index in [-0.39, 0.29) is 17.2 Å². The third-order valence-corrected chi connectivity index (χ3v) is 4.22. The van der Waals surface area contributed by atoms with E-state index >= 15 is 0 Å². The molecule has 1 fully saturated rings. The van der Waals surface area contributed by atoms with Crippen LogP contribution in [0.5, 0.6) is 0 Å². The van der Waals surface area contributed by atoms with E-state index in [0.717, 1.165) is 30.7 Å². The van der Waals surface area contributed by atoms with Crippen molar-refractivity contribution in [1.82, 2.24) is 5.32 Å². The van der Waals surface area contributed by atoms with Gasteiger partial charge in [0.05, 0.1) is 9.21 Å². The molecule has 0 saturated carbocycles. The first-order chi connectivity index (χ1) is 7.58. The Morgan fingerprint density at radius 1 is 1.50 bits per heavy atom. The van der Waals surface area contributed by atoms with Crippen molar-refractivity contribution in [2.24, 2.45) is 5.92 Å². The minimum Gasteiger partial charge on any atom is -0.316 e. The fourth-order valence-corrected chi connectivity index (χ4v) is 3.10. The van der Waals surface area contributed by atoms with Crippen LogP contribution in [-0.4, -0.2) is 13.1 Å². The van der Waals surface area contributed by atoms with Gasteiger partial charge < -0.3 is 5.32 Å². The molecule has 1 saturated heterocycles. The second kappa shape index (κ2) is 4.98. The first kappa shape index (κ1) is 12.3. The van der Waals surface area contributed by atoms with Gasteiger partial charge in [0, 0.05) is 6.42 Å². The maximum absolute atomic E-state index is 13.9. The number of piperidine rings is 1. The summed E-state index contributed by atoms with van der Waals surface area (Å²) in [4.78, 5) is 0.0862. The second-order valence-corrected chi connectivity index (χ2v) is 5.94. The molecule has 0 radical (unpaired) electrons. The van der Waals surface area contributed by atoms with Gasteiger partial charge in [-0.3, -0.25) is 0 Å². The topological polar surface area (TPSA) is 12.0 Å². The summed E-state index contributed by atoms with van der Waals surface area (Å²) >= 11 is 6.66. The van der Waals surface area contributed by atoms with Crippen molar-refractivity contribution in [3.63, 3.8) is 0 Å². The molecule has 1 aliphatic heterocycles. The molecule has 0 aliphatic carbocycles. The van der Waals surface area contributed by atoms with E-state index in [9.17, 15) is 8.78 Å². The van der Waals surface area contributed by atoms with Crippen LogP contribution in [0, 0.1) is 5.92 Å². The van der Waals surface area contributed by atoms with Crippen LogP contribution in [0.4, 0.5) is 8.78 Å². The first-order valence-electron chi connectivity index (χ1n) is 5.42. The lowest BCUT2D eigenvalue weighted by atomic mass is 9.92. The first-order valence-corrected chi connectivity index (χ1v) is 6.62. The lowest BCUT2D eigenvalue weighted by molar-refractivity contribution is -0.0282. The quantitative estimate of drug-likeness (QED) is 0.875. The number of nitrogens with one attached hydrogen (secondary N) is 1. The molecule has 0 bridgehead atoms. The number of rotatable bonds is 3. The van der Waals surface area contributed by atoms with E-state index in [4.69, 9.17) is 11.6 Å². The number of hydrogen-bond donors (Lipinski definition) is 1. The molecule has 1 N–H and O–H groups in total. The van der Waals surface area contributed by atoms with E-state index in [0.29, 0.717) is 10.9 Å². The molecular weight excluding hydrogens is 252 g/mol. The van der Waals surface area contributed by atoms with Gasteiger partial charge in [0.2, 0.25) is 0 Å². The fourth-order valence-electron chi connectivity index (χ4n) is 2.07. The van der Waals surface area contributed by atoms with Crippen LogP contribution in [0.2, 0.25) is 4.34 Å². The summed E-state index contributed by atoms with van der Waals surface area (Å²) in [7, 11) is 0. The molecule has 1 atom stereocenters. The van der Waals surface area contributed by atoms with Crippen molar-refractivity contribution in [3.05, 3.63) is 21.3 Å². The van der Waals surface area contributed by atoms with Crippen molar-refractivity contribution in [3.8, 4) is 0 Å². The standard InChI is InChI=1S/C11H14ClF2NS/c12-10-4-3-9(16-10)11(13,14)6-8-2-1-5-15-7-8/h3-4,8,15H,1-2,5-7H2. The van der Waals surface area contributed by atoms with Gasteiger partial charge >= 0.3 is 0 Å². The predicted molar refractivity (Wildman–Crippen MR) is 63.4 cm³/mol. The Hall–Kier alpha value is -0.190. The Balaban J connectivity index is 2.01. The second-order valence-electron chi connectivity index (χ2n) is 4.22. The third kappa shape index (κ3) is 2.93. The normalized spacial score (nSPS) is 22.3. The maximum Gasteiger partial charge on any atom is 0.282 e. The van der Waals surface area contributed by atoms with Gasteiger partial charge in [0.15, 0.2) is 0 Å². The zero-order valence-electron chi connectivity index (χ0n) is 8.81. The number of thiophene rings is 1. The highest BCUT2D eigenvalue weighted by molar-refractivity contribution is 7.16. The van der Waals surface area contributed by atoms with Crippen molar-refractivity contribution in [2.75, 3.05) is 13.1 Å². The van der Waals surface area contributed by atoms with Crippen LogP contribution >= 0.6 is 22.9 Å². The Labute approximate surface area is 103 Å². The van der Waals surface area contributed by atoms with Gasteiger partial charge in [0.25, 0.3) is 5.92 Å². The highest BCUT2D eigenvalue weighted by Crippen LogP contribution is 2.40. The Morgan fingerprint density at radius 2 is 2.31 bits per heavy atom. The molecule has 2 heterocycles. The molecule has 5 heteroatoms. The van der Waals surface area contributed by atoms with Crippen LogP contribution in [0.1, 0.15) is 24.1 Å². The van der Waals surface area contributed by atoms with Crippen molar-refractivity contribution < 1.29 is 8.78 Å². The molecule has 0 spiro atoms. The van der Waals surface area contributed by atoms with Crippen LogP contribution in [0.15, 0.2) is 12.1 Å². The van der Waals surface area contributed by atoms with Gasteiger partial charge in [-0.05, 0) is 44.0 Å². The maximum atomic E-state index is 13.9. The average molecular weight is 266 g/mol. The van der Waals surface area contributed by atoms with Crippen LogP contribution < -0.4 is 5.32 Å². The summed E-state index contributed by atoms with van der Waals surface area (Å²) in [6, 6.07) is 2.97. The van der Waals surface area contributed by atoms with Crippen LogP contribution in [0.25, 0.3) is 0 Å². The SMILES string of the molecule is FC(F)(CC1CCCNC1)c1ccc(Cl)s1. The van der Waals surface area contributed by atoms with Crippen molar-refractivity contribution in [1.29, 1.82) is 0 Å². The summed E-state index contributed by atoms with van der Waals surface area (Å²) in [6.45, 7) is 1.65. The van der Waals surface area contributed by atoms with Gasteiger partial charge in [0.1, 0.15) is 0 Å². The summed E-state index contributed by atoms with van der Waals surface area (Å²) in [5.41, 5.74) is 0. The van der Waals surface area contributed by atoms with E-state index in [1.807, 2.05) is 0 Å². The molecule has 1 aliphatic rings. The van der Waals surface area contributed by atoms with E-state index < -0.39 is 5.92 Å². The fraction of sp³-hybridized carbons (Fsp3) is 0.636. The molecule has 0 amide bonds. The molecule has 1 aromatic rings. The lowest BCUT2D eigenvalue weighted by Crippen LogP contribution is -2.32. The largest absolute Gasteiger partial charge is 0.316 e. The summed E-state index contributed by atoms with van der Waals surface area (Å²) in [6.07, 6.45) is 1.81.